The summed E-state index contributed by atoms with van der Waals surface area (Å²) in [6.45, 7) is 4.69. The molecule has 0 saturated heterocycles. The van der Waals surface area contributed by atoms with Crippen LogP contribution in [0.3, 0.4) is 0 Å². The van der Waals surface area contributed by atoms with Crippen molar-refractivity contribution < 1.29 is 4.42 Å². The maximum absolute atomic E-state index is 6.81. The van der Waals surface area contributed by atoms with Gasteiger partial charge in [0.1, 0.15) is 5.58 Å². The van der Waals surface area contributed by atoms with Crippen LogP contribution in [0.25, 0.3) is 66.4 Å². The lowest BCUT2D eigenvalue weighted by atomic mass is 9.82. The second-order valence-corrected chi connectivity index (χ2v) is 14.6. The van der Waals surface area contributed by atoms with E-state index in [1.54, 1.807) is 0 Å². The van der Waals surface area contributed by atoms with Gasteiger partial charge in [0.2, 0.25) is 0 Å². The Morgan fingerprint density at radius 1 is 0.396 bits per heavy atom. The van der Waals surface area contributed by atoms with Gasteiger partial charge < -0.3 is 9.32 Å². The Bertz CT molecular complexity index is 2780. The molecule has 0 unspecified atom stereocenters. The molecule has 0 N–H and O–H groups in total. The summed E-state index contributed by atoms with van der Waals surface area (Å²) in [5, 5.41) is 2.21. The van der Waals surface area contributed by atoms with Crippen LogP contribution in [0.15, 0.2) is 192 Å². The normalized spacial score (nSPS) is 12.9. The molecule has 8 aromatic carbocycles. The zero-order chi connectivity index (χ0) is 35.5. The molecule has 10 rings (SSSR count). The van der Waals surface area contributed by atoms with Crippen LogP contribution in [-0.4, -0.2) is 0 Å². The van der Waals surface area contributed by atoms with Crippen LogP contribution in [-0.2, 0) is 5.41 Å². The molecule has 1 aliphatic rings. The zero-order valence-electron chi connectivity index (χ0n) is 29.8. The Morgan fingerprint density at radius 2 is 0.925 bits per heavy atom. The van der Waals surface area contributed by atoms with Gasteiger partial charge >= 0.3 is 0 Å². The number of para-hydroxylation sites is 1. The molecule has 1 aromatic heterocycles. The van der Waals surface area contributed by atoms with Crippen molar-refractivity contribution in [1.82, 2.24) is 0 Å². The Labute approximate surface area is 310 Å². The second-order valence-electron chi connectivity index (χ2n) is 14.6. The van der Waals surface area contributed by atoms with Gasteiger partial charge in [-0.25, -0.2) is 0 Å². The highest BCUT2D eigenvalue weighted by Gasteiger charge is 2.36. The quantitative estimate of drug-likeness (QED) is 0.174. The van der Waals surface area contributed by atoms with Crippen molar-refractivity contribution in [2.24, 2.45) is 0 Å². The van der Waals surface area contributed by atoms with Crippen LogP contribution < -0.4 is 4.90 Å². The summed E-state index contributed by atoms with van der Waals surface area (Å²) in [4.78, 5) is 2.39. The van der Waals surface area contributed by atoms with Gasteiger partial charge in [0, 0.05) is 27.6 Å². The molecule has 1 heterocycles. The summed E-state index contributed by atoms with van der Waals surface area (Å²) in [5.41, 5.74) is 17.2. The number of rotatable bonds is 6. The third-order valence-corrected chi connectivity index (χ3v) is 11.1. The van der Waals surface area contributed by atoms with Crippen molar-refractivity contribution in [3.63, 3.8) is 0 Å². The van der Waals surface area contributed by atoms with E-state index in [1.807, 2.05) is 6.07 Å². The molecule has 1 aliphatic carbocycles. The average Bonchev–Trinajstić information content (AvgIpc) is 3.71. The number of nitrogens with zero attached hydrogens (tertiary/aromatic N) is 1. The minimum absolute atomic E-state index is 0.137. The molecule has 2 heteroatoms. The molecular formula is C51H37NO. The fourth-order valence-corrected chi connectivity index (χ4v) is 8.32. The van der Waals surface area contributed by atoms with E-state index in [-0.39, 0.29) is 5.41 Å². The number of hydrogen-bond acceptors (Lipinski definition) is 2. The Kier molecular flexibility index (Phi) is 7.19. The predicted molar refractivity (Wildman–Crippen MR) is 222 cm³/mol. The minimum Gasteiger partial charge on any atom is -0.454 e. The largest absolute Gasteiger partial charge is 0.454 e. The van der Waals surface area contributed by atoms with Gasteiger partial charge in [0.15, 0.2) is 5.58 Å². The Balaban J connectivity index is 1.20. The highest BCUT2D eigenvalue weighted by Crippen LogP contribution is 2.52. The van der Waals surface area contributed by atoms with Gasteiger partial charge in [-0.2, -0.15) is 0 Å². The SMILES string of the molecule is CC1(C)c2ccccc2-c2ccc(N(c3ccc(-c4ccccc4)cc3)c3cc(-c4ccc(-c5ccccc5)cc4)cc4c3oc3ccccc34)cc21. The monoisotopic (exact) mass is 679 g/mol. The van der Waals surface area contributed by atoms with E-state index >= 15 is 0 Å². The number of benzene rings is 8. The highest BCUT2D eigenvalue weighted by atomic mass is 16.3. The van der Waals surface area contributed by atoms with E-state index in [9.17, 15) is 0 Å². The predicted octanol–water partition coefficient (Wildman–Crippen LogP) is 14.4. The smallest absolute Gasteiger partial charge is 0.159 e. The van der Waals surface area contributed by atoms with Crippen LogP contribution in [0.2, 0.25) is 0 Å². The zero-order valence-corrected chi connectivity index (χ0v) is 29.8. The Morgan fingerprint density at radius 3 is 1.62 bits per heavy atom. The van der Waals surface area contributed by atoms with E-state index in [1.165, 1.54) is 44.5 Å². The first-order valence-electron chi connectivity index (χ1n) is 18.3. The van der Waals surface area contributed by atoms with Gasteiger partial charge in [0.25, 0.3) is 0 Å². The van der Waals surface area contributed by atoms with Crippen LogP contribution in [0.1, 0.15) is 25.0 Å². The number of hydrogen-bond donors (Lipinski definition) is 0. The summed E-state index contributed by atoms with van der Waals surface area (Å²) < 4.78 is 6.81. The van der Waals surface area contributed by atoms with Crippen LogP contribution in [0, 0.1) is 0 Å². The van der Waals surface area contributed by atoms with E-state index in [0.29, 0.717) is 0 Å². The summed E-state index contributed by atoms with van der Waals surface area (Å²) >= 11 is 0. The summed E-state index contributed by atoms with van der Waals surface area (Å²) in [6, 6.07) is 67.8. The van der Waals surface area contributed by atoms with Crippen LogP contribution >= 0.6 is 0 Å². The third kappa shape index (κ3) is 5.18. The average molecular weight is 680 g/mol. The molecule has 53 heavy (non-hydrogen) atoms. The van der Waals surface area contributed by atoms with Crippen LogP contribution in [0.5, 0.6) is 0 Å². The van der Waals surface area contributed by atoms with Gasteiger partial charge in [-0.05, 0) is 98.1 Å². The summed E-state index contributed by atoms with van der Waals surface area (Å²) in [7, 11) is 0. The molecule has 0 bridgehead atoms. The topological polar surface area (TPSA) is 16.4 Å². The van der Waals surface area contributed by atoms with Crippen molar-refractivity contribution >= 4 is 39.0 Å². The van der Waals surface area contributed by atoms with Crippen molar-refractivity contribution in [3.05, 3.63) is 199 Å². The first-order valence-corrected chi connectivity index (χ1v) is 18.3. The maximum Gasteiger partial charge on any atom is 0.159 e. The molecule has 0 atom stereocenters. The molecule has 9 aromatic rings. The lowest BCUT2D eigenvalue weighted by Crippen LogP contribution is -2.16. The van der Waals surface area contributed by atoms with Crippen molar-refractivity contribution in [3.8, 4) is 44.5 Å². The molecular weight excluding hydrogens is 643 g/mol. The summed E-state index contributed by atoms with van der Waals surface area (Å²) in [6.07, 6.45) is 0. The Hall–Kier alpha value is -6.64. The highest BCUT2D eigenvalue weighted by molar-refractivity contribution is 6.12. The number of anilines is 3. The van der Waals surface area contributed by atoms with Crippen molar-refractivity contribution in [1.29, 1.82) is 0 Å². The fraction of sp³-hybridized carbons (Fsp3) is 0.0588. The van der Waals surface area contributed by atoms with E-state index in [0.717, 1.165) is 50.1 Å². The first-order chi connectivity index (χ1) is 26.0. The van der Waals surface area contributed by atoms with Gasteiger partial charge in [-0.3, -0.25) is 0 Å². The first kappa shape index (κ1) is 31.1. The van der Waals surface area contributed by atoms with E-state index < -0.39 is 0 Å². The van der Waals surface area contributed by atoms with Crippen molar-refractivity contribution in [2.45, 2.75) is 19.3 Å². The molecule has 0 aliphatic heterocycles. The molecule has 0 radical (unpaired) electrons. The number of furan rings is 1. The van der Waals surface area contributed by atoms with Gasteiger partial charge in [-0.15, -0.1) is 0 Å². The van der Waals surface area contributed by atoms with Gasteiger partial charge in [-0.1, -0.05) is 159 Å². The van der Waals surface area contributed by atoms with Crippen LogP contribution in [0.4, 0.5) is 17.1 Å². The standard InChI is InChI=1S/C51H37NO/c1-51(2)46-19-11-9-17-42(46)43-30-29-41(33-47(43)51)52(40-27-25-37(26-28-40)35-15-7-4-8-16-35)48-32-39(31-45-44-18-10-12-20-49(44)53-50(45)48)38-23-21-36(22-24-38)34-13-5-3-6-14-34/h3-33H,1-2H3. The minimum atomic E-state index is -0.137. The molecule has 2 nitrogen and oxygen atoms in total. The number of fused-ring (bicyclic) bond motifs is 6. The molecule has 0 amide bonds. The molecule has 252 valence electrons. The lowest BCUT2D eigenvalue weighted by Gasteiger charge is -2.28. The molecule has 0 fully saturated rings. The van der Waals surface area contributed by atoms with Crippen molar-refractivity contribution in [2.75, 3.05) is 4.90 Å². The molecule has 0 spiro atoms. The maximum atomic E-state index is 6.81. The second kappa shape index (κ2) is 12.3. The lowest BCUT2D eigenvalue weighted by molar-refractivity contribution is 0.660. The van der Waals surface area contributed by atoms with Gasteiger partial charge in [0.05, 0.1) is 5.69 Å². The van der Waals surface area contributed by atoms with E-state index in [2.05, 4.69) is 201 Å². The summed E-state index contributed by atoms with van der Waals surface area (Å²) in [5.74, 6) is 0. The van der Waals surface area contributed by atoms with E-state index in [4.69, 9.17) is 4.42 Å². The fourth-order valence-electron chi connectivity index (χ4n) is 8.32. The third-order valence-electron chi connectivity index (χ3n) is 11.1. The molecule has 0 saturated carbocycles.